The molecule has 3 aliphatic rings. The van der Waals surface area contributed by atoms with E-state index >= 15 is 0 Å². The molecule has 1 aliphatic heterocycles. The van der Waals surface area contributed by atoms with Gasteiger partial charge < -0.3 is 14.6 Å². The average Bonchev–Trinajstić information content (AvgIpc) is 2.90. The van der Waals surface area contributed by atoms with Crippen LogP contribution >= 0.6 is 0 Å². The molecule has 4 heteroatoms. The Bertz CT molecular complexity index is 364. The lowest BCUT2D eigenvalue weighted by Crippen LogP contribution is -2.35. The molecule has 0 aromatic rings. The molecule has 0 spiro atoms. The van der Waals surface area contributed by atoms with E-state index < -0.39 is 6.29 Å². The number of rotatable bonds is 2. The van der Waals surface area contributed by atoms with E-state index in [0.29, 0.717) is 29.9 Å². The fourth-order valence-electron chi connectivity index (χ4n) is 3.84. The molecule has 1 N–H and O–H groups in total. The van der Waals surface area contributed by atoms with E-state index in [9.17, 15) is 9.90 Å². The van der Waals surface area contributed by atoms with Crippen molar-refractivity contribution >= 4 is 5.97 Å². The Hall–Kier alpha value is -0.870. The first-order chi connectivity index (χ1) is 8.08. The van der Waals surface area contributed by atoms with E-state index in [1.807, 2.05) is 0 Å². The van der Waals surface area contributed by atoms with Gasteiger partial charge in [-0.05, 0) is 31.6 Å². The first-order valence-corrected chi connectivity index (χ1v) is 6.24. The van der Waals surface area contributed by atoms with Crippen molar-refractivity contribution in [2.24, 2.45) is 23.7 Å². The van der Waals surface area contributed by atoms with Crippen LogP contribution in [0.2, 0.25) is 0 Å². The number of hydrogen-bond donors (Lipinski definition) is 1. The normalized spacial score (nSPS) is 46.9. The molecular weight excluding hydrogens is 220 g/mol. The Labute approximate surface area is 101 Å². The topological polar surface area (TPSA) is 55.8 Å². The van der Waals surface area contributed by atoms with E-state index in [1.54, 1.807) is 6.92 Å². The molecule has 0 aromatic carbocycles. The van der Waals surface area contributed by atoms with Gasteiger partial charge in [0.25, 0.3) is 0 Å². The summed E-state index contributed by atoms with van der Waals surface area (Å²) in [7, 11) is 0. The molecule has 2 bridgehead atoms. The minimum absolute atomic E-state index is 0.000602. The standard InChI is InChI=1S/C13H18O4/c1-6(2)12(14)17-10-4-7-3-8(10)9-5-16-13(15)11(7)9/h7-11,13,15H,1,3-5H2,2H3. The van der Waals surface area contributed by atoms with Crippen LogP contribution in [0.3, 0.4) is 0 Å². The summed E-state index contributed by atoms with van der Waals surface area (Å²) in [5, 5.41) is 9.73. The molecule has 3 rings (SSSR count). The summed E-state index contributed by atoms with van der Waals surface area (Å²) in [6.07, 6.45) is 1.32. The van der Waals surface area contributed by atoms with E-state index in [-0.39, 0.29) is 18.0 Å². The number of fused-ring (bicyclic) bond motifs is 5. The van der Waals surface area contributed by atoms with Crippen LogP contribution in [0.4, 0.5) is 0 Å². The van der Waals surface area contributed by atoms with E-state index in [0.717, 1.165) is 12.8 Å². The summed E-state index contributed by atoms with van der Waals surface area (Å²) in [6.45, 7) is 5.87. The van der Waals surface area contributed by atoms with Crippen molar-refractivity contribution in [1.82, 2.24) is 0 Å². The highest BCUT2D eigenvalue weighted by Crippen LogP contribution is 2.57. The monoisotopic (exact) mass is 238 g/mol. The molecule has 4 nitrogen and oxygen atoms in total. The Kier molecular flexibility index (Phi) is 2.52. The summed E-state index contributed by atoms with van der Waals surface area (Å²) in [5.41, 5.74) is 0.451. The molecule has 17 heavy (non-hydrogen) atoms. The minimum atomic E-state index is -0.604. The lowest BCUT2D eigenvalue weighted by atomic mass is 9.79. The second-order valence-electron chi connectivity index (χ2n) is 5.58. The number of ether oxygens (including phenoxy) is 2. The van der Waals surface area contributed by atoms with Gasteiger partial charge in [0.2, 0.25) is 0 Å². The molecule has 3 fully saturated rings. The number of aliphatic hydroxyl groups is 1. The molecule has 94 valence electrons. The Morgan fingerprint density at radius 1 is 1.41 bits per heavy atom. The Morgan fingerprint density at radius 3 is 2.88 bits per heavy atom. The molecule has 1 saturated heterocycles. The molecule has 6 atom stereocenters. The number of esters is 1. The maximum absolute atomic E-state index is 11.5. The molecule has 0 amide bonds. The van der Waals surface area contributed by atoms with Gasteiger partial charge in [0, 0.05) is 17.4 Å². The van der Waals surface area contributed by atoms with Gasteiger partial charge in [0.1, 0.15) is 6.10 Å². The smallest absolute Gasteiger partial charge is 0.333 e. The third-order valence-corrected chi connectivity index (χ3v) is 4.57. The van der Waals surface area contributed by atoms with Crippen molar-refractivity contribution in [2.45, 2.75) is 32.2 Å². The Morgan fingerprint density at radius 2 is 2.18 bits per heavy atom. The van der Waals surface area contributed by atoms with Gasteiger partial charge in [-0.25, -0.2) is 4.79 Å². The fourth-order valence-corrected chi connectivity index (χ4v) is 3.84. The van der Waals surface area contributed by atoms with Gasteiger partial charge in [-0.1, -0.05) is 6.58 Å². The molecule has 0 radical (unpaired) electrons. The maximum Gasteiger partial charge on any atom is 0.333 e. The third kappa shape index (κ3) is 1.62. The van der Waals surface area contributed by atoms with Gasteiger partial charge in [0.05, 0.1) is 6.61 Å². The first-order valence-electron chi connectivity index (χ1n) is 6.24. The summed E-state index contributed by atoms with van der Waals surface area (Å²) in [6, 6.07) is 0. The third-order valence-electron chi connectivity index (χ3n) is 4.57. The van der Waals surface area contributed by atoms with Crippen LogP contribution in [0.1, 0.15) is 19.8 Å². The zero-order valence-electron chi connectivity index (χ0n) is 9.96. The number of hydrogen-bond acceptors (Lipinski definition) is 4. The van der Waals surface area contributed by atoms with Crippen molar-refractivity contribution < 1.29 is 19.4 Å². The predicted octanol–water partition coefficient (Wildman–Crippen LogP) is 1.10. The van der Waals surface area contributed by atoms with Crippen molar-refractivity contribution in [3.63, 3.8) is 0 Å². The summed E-state index contributed by atoms with van der Waals surface area (Å²) < 4.78 is 10.8. The number of carbonyl (C=O) groups is 1. The van der Waals surface area contributed by atoms with Crippen molar-refractivity contribution in [3.8, 4) is 0 Å². The van der Waals surface area contributed by atoms with E-state index in [2.05, 4.69) is 6.58 Å². The molecule has 2 aliphatic carbocycles. The van der Waals surface area contributed by atoms with E-state index in [1.165, 1.54) is 0 Å². The van der Waals surface area contributed by atoms with Crippen LogP contribution in [0.5, 0.6) is 0 Å². The SMILES string of the molecule is C=C(C)C(=O)OC1CC2CC1C1COC(O)C21. The Balaban J connectivity index is 1.69. The summed E-state index contributed by atoms with van der Waals surface area (Å²) in [5.74, 6) is 1.15. The minimum Gasteiger partial charge on any atom is -0.459 e. The molecule has 1 heterocycles. The van der Waals surface area contributed by atoms with Gasteiger partial charge in [-0.15, -0.1) is 0 Å². The molecule has 2 saturated carbocycles. The van der Waals surface area contributed by atoms with Crippen LogP contribution in [0, 0.1) is 23.7 Å². The predicted molar refractivity (Wildman–Crippen MR) is 59.8 cm³/mol. The van der Waals surface area contributed by atoms with Crippen molar-refractivity contribution in [2.75, 3.05) is 6.61 Å². The first kappa shape index (κ1) is 11.2. The van der Waals surface area contributed by atoms with Crippen molar-refractivity contribution in [3.05, 3.63) is 12.2 Å². The lowest BCUT2D eigenvalue weighted by molar-refractivity contribution is -0.148. The van der Waals surface area contributed by atoms with Crippen LogP contribution in [-0.2, 0) is 14.3 Å². The van der Waals surface area contributed by atoms with Crippen LogP contribution in [0.15, 0.2) is 12.2 Å². The van der Waals surface area contributed by atoms with Crippen molar-refractivity contribution in [1.29, 1.82) is 0 Å². The number of aliphatic hydroxyl groups excluding tert-OH is 1. The second-order valence-corrected chi connectivity index (χ2v) is 5.58. The lowest BCUT2D eigenvalue weighted by Gasteiger charge is -2.30. The summed E-state index contributed by atoms with van der Waals surface area (Å²) >= 11 is 0. The second kappa shape index (κ2) is 3.82. The average molecular weight is 238 g/mol. The zero-order chi connectivity index (χ0) is 12.2. The highest BCUT2D eigenvalue weighted by molar-refractivity contribution is 5.87. The van der Waals surface area contributed by atoms with Crippen LogP contribution in [-0.4, -0.2) is 30.1 Å². The highest BCUT2D eigenvalue weighted by atomic mass is 16.6. The molecule has 6 unspecified atom stereocenters. The zero-order valence-corrected chi connectivity index (χ0v) is 9.96. The largest absolute Gasteiger partial charge is 0.459 e. The fraction of sp³-hybridized carbons (Fsp3) is 0.769. The van der Waals surface area contributed by atoms with E-state index in [4.69, 9.17) is 9.47 Å². The van der Waals surface area contributed by atoms with Crippen LogP contribution < -0.4 is 0 Å². The quantitative estimate of drug-likeness (QED) is 0.578. The van der Waals surface area contributed by atoms with Gasteiger partial charge in [0.15, 0.2) is 6.29 Å². The van der Waals surface area contributed by atoms with Gasteiger partial charge in [-0.2, -0.15) is 0 Å². The summed E-state index contributed by atoms with van der Waals surface area (Å²) in [4.78, 5) is 11.5. The maximum atomic E-state index is 11.5. The molecule has 0 aromatic heterocycles. The molecular formula is C13H18O4. The van der Waals surface area contributed by atoms with Gasteiger partial charge in [-0.3, -0.25) is 0 Å². The number of carbonyl (C=O) groups excluding carboxylic acids is 1. The highest BCUT2D eigenvalue weighted by Gasteiger charge is 2.59. The van der Waals surface area contributed by atoms with Gasteiger partial charge >= 0.3 is 5.97 Å². The van der Waals surface area contributed by atoms with Crippen LogP contribution in [0.25, 0.3) is 0 Å².